The topological polar surface area (TPSA) is 69.7 Å². The number of hydrogen-bond donors (Lipinski definition) is 1. The molecule has 3 rings (SSSR count). The van der Waals surface area contributed by atoms with Crippen LogP contribution in [0.1, 0.15) is 50.5 Å². The fraction of sp³-hybridized carbons (Fsp3) is 0.650. The first-order chi connectivity index (χ1) is 13.1. The third kappa shape index (κ3) is 5.77. The predicted molar refractivity (Wildman–Crippen MR) is 106 cm³/mol. The zero-order valence-electron chi connectivity index (χ0n) is 16.0. The molecule has 2 aliphatic heterocycles. The Bertz CT molecular complexity index is 692. The molecule has 0 bridgehead atoms. The number of benzene rings is 1. The molecule has 0 saturated carbocycles. The van der Waals surface area contributed by atoms with Gasteiger partial charge in [-0.2, -0.15) is 17.0 Å². The number of rotatable bonds is 6. The highest BCUT2D eigenvalue weighted by Gasteiger charge is 2.33. The normalized spacial score (nSPS) is 20.9. The maximum Gasteiger partial charge on any atom is 0.281 e. The molecular weight excluding hydrogens is 362 g/mol. The highest BCUT2D eigenvalue weighted by atomic mass is 32.2. The molecule has 0 atom stereocenters. The van der Waals surface area contributed by atoms with Crippen molar-refractivity contribution < 1.29 is 13.2 Å². The summed E-state index contributed by atoms with van der Waals surface area (Å²) >= 11 is 0. The lowest BCUT2D eigenvalue weighted by atomic mass is 10.1. The van der Waals surface area contributed by atoms with Crippen LogP contribution < -0.4 is 5.32 Å². The molecule has 1 aromatic carbocycles. The molecule has 2 saturated heterocycles. The van der Waals surface area contributed by atoms with Crippen molar-refractivity contribution in [2.24, 2.45) is 0 Å². The van der Waals surface area contributed by atoms with E-state index >= 15 is 0 Å². The fourth-order valence-electron chi connectivity index (χ4n) is 3.87. The van der Waals surface area contributed by atoms with Gasteiger partial charge in [-0.3, -0.25) is 4.79 Å². The number of carbonyl (C=O) groups excluding carboxylic acids is 1. The summed E-state index contributed by atoms with van der Waals surface area (Å²) < 4.78 is 28.9. The van der Waals surface area contributed by atoms with Gasteiger partial charge >= 0.3 is 0 Å². The van der Waals surface area contributed by atoms with E-state index < -0.39 is 10.2 Å². The lowest BCUT2D eigenvalue weighted by molar-refractivity contribution is -0.122. The van der Waals surface area contributed by atoms with Gasteiger partial charge in [-0.15, -0.1) is 0 Å². The van der Waals surface area contributed by atoms with Crippen molar-refractivity contribution in [3.8, 4) is 0 Å². The van der Waals surface area contributed by atoms with Crippen molar-refractivity contribution in [3.63, 3.8) is 0 Å². The number of nitrogens with zero attached hydrogens (tertiary/aromatic N) is 2. The molecule has 0 aromatic heterocycles. The van der Waals surface area contributed by atoms with E-state index in [9.17, 15) is 13.2 Å². The average molecular weight is 394 g/mol. The molecule has 0 radical (unpaired) electrons. The molecule has 27 heavy (non-hydrogen) atoms. The van der Waals surface area contributed by atoms with E-state index in [2.05, 4.69) is 5.32 Å². The van der Waals surface area contributed by atoms with Gasteiger partial charge in [-0.25, -0.2) is 0 Å². The first-order valence-corrected chi connectivity index (χ1v) is 11.5. The molecule has 1 amide bonds. The molecule has 2 aliphatic rings. The number of piperidine rings is 1. The molecular formula is C20H31N3O3S. The summed E-state index contributed by atoms with van der Waals surface area (Å²) in [4.78, 5) is 12.2. The predicted octanol–water partition coefficient (Wildman–Crippen LogP) is 2.32. The van der Waals surface area contributed by atoms with Crippen LogP contribution in [0.15, 0.2) is 30.3 Å². The lowest BCUT2D eigenvalue weighted by Crippen LogP contribution is -2.51. The van der Waals surface area contributed by atoms with E-state index in [1.807, 2.05) is 30.3 Å². The summed E-state index contributed by atoms with van der Waals surface area (Å²) in [5.74, 6) is 0.0488. The molecule has 1 aromatic rings. The second-order valence-corrected chi connectivity index (χ2v) is 9.48. The van der Waals surface area contributed by atoms with Crippen LogP contribution in [0.3, 0.4) is 0 Å². The number of hydrogen-bond acceptors (Lipinski definition) is 3. The van der Waals surface area contributed by atoms with Crippen LogP contribution in [0.4, 0.5) is 0 Å². The van der Waals surface area contributed by atoms with Crippen LogP contribution >= 0.6 is 0 Å². The first kappa shape index (κ1) is 20.3. The summed E-state index contributed by atoms with van der Waals surface area (Å²) in [5, 5.41) is 3.08. The van der Waals surface area contributed by atoms with Crippen molar-refractivity contribution in [3.05, 3.63) is 35.9 Å². The third-order valence-corrected chi connectivity index (χ3v) is 7.56. The third-order valence-electron chi connectivity index (χ3n) is 5.52. The molecule has 0 aliphatic carbocycles. The van der Waals surface area contributed by atoms with E-state index in [0.29, 0.717) is 45.4 Å². The van der Waals surface area contributed by atoms with E-state index in [1.165, 1.54) is 0 Å². The standard InChI is InChI=1S/C20H31N3O3S/c24-20(11-10-18-8-4-3-5-9-18)21-19-12-16-23(17-13-19)27(25,26)22-14-6-1-2-7-15-22/h3-5,8-9,19H,1-2,6-7,10-17H2,(H,21,24). The lowest BCUT2D eigenvalue weighted by Gasteiger charge is -2.34. The minimum atomic E-state index is -3.35. The van der Waals surface area contributed by atoms with Gasteiger partial charge in [0.15, 0.2) is 0 Å². The van der Waals surface area contributed by atoms with E-state index in [1.54, 1.807) is 8.61 Å². The molecule has 7 heteroatoms. The summed E-state index contributed by atoms with van der Waals surface area (Å²) in [5.41, 5.74) is 1.16. The van der Waals surface area contributed by atoms with Crippen molar-refractivity contribution >= 4 is 16.1 Å². The van der Waals surface area contributed by atoms with Crippen molar-refractivity contribution in [2.45, 2.75) is 57.4 Å². The van der Waals surface area contributed by atoms with E-state index in [4.69, 9.17) is 0 Å². The zero-order valence-corrected chi connectivity index (χ0v) is 16.8. The second kappa shape index (κ2) is 9.66. The Morgan fingerprint density at radius 1 is 0.926 bits per heavy atom. The average Bonchev–Trinajstić information content (AvgIpc) is 2.98. The number of carbonyl (C=O) groups is 1. The molecule has 2 fully saturated rings. The minimum Gasteiger partial charge on any atom is -0.353 e. The summed E-state index contributed by atoms with van der Waals surface area (Å²) in [6, 6.07) is 10.1. The van der Waals surface area contributed by atoms with Gasteiger partial charge in [0.1, 0.15) is 0 Å². The quantitative estimate of drug-likeness (QED) is 0.806. The van der Waals surface area contributed by atoms with Gasteiger partial charge < -0.3 is 5.32 Å². The van der Waals surface area contributed by atoms with Crippen LogP contribution in [-0.2, 0) is 21.4 Å². The Kier molecular flexibility index (Phi) is 7.26. The molecule has 0 unspecified atom stereocenters. The van der Waals surface area contributed by atoms with Gasteiger partial charge in [0, 0.05) is 38.6 Å². The number of nitrogens with one attached hydrogen (secondary N) is 1. The molecule has 0 spiro atoms. The van der Waals surface area contributed by atoms with Crippen LogP contribution in [0.5, 0.6) is 0 Å². The van der Waals surface area contributed by atoms with E-state index in [0.717, 1.165) is 37.7 Å². The zero-order chi connectivity index (χ0) is 19.1. The van der Waals surface area contributed by atoms with E-state index in [-0.39, 0.29) is 11.9 Å². The molecule has 1 N–H and O–H groups in total. The summed E-state index contributed by atoms with van der Waals surface area (Å²) in [6.45, 7) is 2.25. The van der Waals surface area contributed by atoms with Gasteiger partial charge in [-0.05, 0) is 37.7 Å². The Morgan fingerprint density at radius 3 is 2.15 bits per heavy atom. The maximum absolute atomic E-state index is 12.8. The van der Waals surface area contributed by atoms with Gasteiger partial charge in [-0.1, -0.05) is 43.2 Å². The maximum atomic E-state index is 12.8. The van der Waals surface area contributed by atoms with Crippen LogP contribution in [-0.4, -0.2) is 55.2 Å². The van der Waals surface area contributed by atoms with Gasteiger partial charge in [0.25, 0.3) is 10.2 Å². The van der Waals surface area contributed by atoms with Crippen molar-refractivity contribution in [2.75, 3.05) is 26.2 Å². The minimum absolute atomic E-state index is 0.0488. The Morgan fingerprint density at radius 2 is 1.52 bits per heavy atom. The Labute approximate surface area is 163 Å². The van der Waals surface area contributed by atoms with Crippen molar-refractivity contribution in [1.82, 2.24) is 13.9 Å². The molecule has 2 heterocycles. The summed E-state index contributed by atoms with van der Waals surface area (Å²) in [6.07, 6.45) is 6.70. The van der Waals surface area contributed by atoms with Crippen LogP contribution in [0.2, 0.25) is 0 Å². The fourth-order valence-corrected chi connectivity index (χ4v) is 5.59. The first-order valence-electron chi connectivity index (χ1n) is 10.1. The Hall–Kier alpha value is -1.44. The van der Waals surface area contributed by atoms with Crippen molar-refractivity contribution in [1.29, 1.82) is 0 Å². The van der Waals surface area contributed by atoms with Gasteiger partial charge in [0.05, 0.1) is 0 Å². The summed E-state index contributed by atoms with van der Waals surface area (Å²) in [7, 11) is -3.35. The largest absolute Gasteiger partial charge is 0.353 e. The molecule has 150 valence electrons. The SMILES string of the molecule is O=C(CCc1ccccc1)NC1CCN(S(=O)(=O)N2CCCCCC2)CC1. The number of amides is 1. The highest BCUT2D eigenvalue weighted by Crippen LogP contribution is 2.20. The highest BCUT2D eigenvalue weighted by molar-refractivity contribution is 7.86. The number of aryl methyl sites for hydroxylation is 1. The van der Waals surface area contributed by atoms with Gasteiger partial charge in [0.2, 0.25) is 5.91 Å². The molecule has 6 nitrogen and oxygen atoms in total. The Balaban J connectivity index is 1.43. The monoisotopic (exact) mass is 393 g/mol. The second-order valence-electron chi connectivity index (χ2n) is 7.55. The van der Waals surface area contributed by atoms with Crippen LogP contribution in [0.25, 0.3) is 0 Å². The van der Waals surface area contributed by atoms with Crippen LogP contribution in [0, 0.1) is 0 Å². The smallest absolute Gasteiger partial charge is 0.281 e.